The highest BCUT2D eigenvalue weighted by Crippen LogP contribution is 2.49. The van der Waals surface area contributed by atoms with E-state index >= 15 is 0 Å². The van der Waals surface area contributed by atoms with Gasteiger partial charge in [0.15, 0.2) is 0 Å². The zero-order chi connectivity index (χ0) is 20.8. The molecule has 2 saturated heterocycles. The normalized spacial score (nSPS) is 33.7. The zero-order valence-electron chi connectivity index (χ0n) is 15.8. The molecular formula is C21H23ClO7. The Kier molecular flexibility index (Phi) is 5.33. The van der Waals surface area contributed by atoms with Crippen LogP contribution >= 0.6 is 11.6 Å². The van der Waals surface area contributed by atoms with Crippen LogP contribution < -0.4 is 4.74 Å². The molecule has 0 amide bonds. The second-order valence-corrected chi connectivity index (χ2v) is 7.90. The number of hydrogen-bond acceptors (Lipinski definition) is 7. The van der Waals surface area contributed by atoms with Gasteiger partial charge in [-0.15, -0.1) is 0 Å². The number of benzene rings is 2. The van der Waals surface area contributed by atoms with E-state index in [4.69, 9.17) is 25.8 Å². The number of ether oxygens (including phenoxy) is 3. The molecule has 2 fully saturated rings. The Labute approximate surface area is 173 Å². The number of aliphatic hydroxyl groups is 4. The van der Waals surface area contributed by atoms with Gasteiger partial charge >= 0.3 is 0 Å². The smallest absolute Gasteiger partial charge is 0.225 e. The van der Waals surface area contributed by atoms with Crippen molar-refractivity contribution < 1.29 is 34.6 Å². The Balaban J connectivity index is 1.69. The summed E-state index contributed by atoms with van der Waals surface area (Å²) in [6, 6.07) is 12.6. The monoisotopic (exact) mass is 422 g/mol. The molecule has 4 N–H and O–H groups in total. The van der Waals surface area contributed by atoms with Crippen LogP contribution in [0.2, 0.25) is 5.02 Å². The predicted octanol–water partition coefficient (Wildman–Crippen LogP) is 0.966. The molecule has 2 aromatic rings. The fourth-order valence-electron chi connectivity index (χ4n) is 3.97. The first-order valence-electron chi connectivity index (χ1n) is 9.26. The first-order chi connectivity index (χ1) is 13.8. The van der Waals surface area contributed by atoms with Crippen molar-refractivity contribution in [2.75, 3.05) is 20.3 Å². The average Bonchev–Trinajstić information content (AvgIpc) is 3.13. The van der Waals surface area contributed by atoms with Gasteiger partial charge in [0.05, 0.1) is 20.3 Å². The largest absolute Gasteiger partial charge is 0.497 e. The van der Waals surface area contributed by atoms with E-state index in [0.29, 0.717) is 17.0 Å². The molecule has 7 nitrogen and oxygen atoms in total. The van der Waals surface area contributed by atoms with E-state index in [0.717, 1.165) is 16.9 Å². The first-order valence-corrected chi connectivity index (χ1v) is 9.64. The van der Waals surface area contributed by atoms with Crippen molar-refractivity contribution in [3.63, 3.8) is 0 Å². The molecule has 8 heteroatoms. The second kappa shape index (κ2) is 7.52. The molecule has 156 valence electrons. The molecule has 0 radical (unpaired) electrons. The van der Waals surface area contributed by atoms with E-state index in [1.165, 1.54) is 0 Å². The molecule has 0 saturated carbocycles. The number of aliphatic hydroxyl groups excluding tert-OH is 4. The fourth-order valence-corrected chi connectivity index (χ4v) is 4.15. The molecule has 2 heterocycles. The number of fused-ring (bicyclic) bond motifs is 2. The Bertz CT molecular complexity index is 889. The van der Waals surface area contributed by atoms with Gasteiger partial charge in [0, 0.05) is 10.6 Å². The van der Waals surface area contributed by atoms with Crippen LogP contribution in [0.3, 0.4) is 0 Å². The number of halogens is 1. The van der Waals surface area contributed by atoms with Crippen molar-refractivity contribution in [3.8, 4) is 5.75 Å². The zero-order valence-corrected chi connectivity index (χ0v) is 16.5. The van der Waals surface area contributed by atoms with Gasteiger partial charge < -0.3 is 34.6 Å². The van der Waals surface area contributed by atoms with Gasteiger partial charge in [-0.1, -0.05) is 29.8 Å². The lowest BCUT2D eigenvalue weighted by Crippen LogP contribution is -2.65. The minimum Gasteiger partial charge on any atom is -0.497 e. The molecule has 29 heavy (non-hydrogen) atoms. The molecule has 2 aliphatic heterocycles. The third kappa shape index (κ3) is 3.23. The van der Waals surface area contributed by atoms with Gasteiger partial charge in [0.25, 0.3) is 0 Å². The fraction of sp³-hybridized carbons (Fsp3) is 0.429. The lowest BCUT2D eigenvalue weighted by Gasteiger charge is -2.46. The van der Waals surface area contributed by atoms with Crippen LogP contribution in [0.4, 0.5) is 0 Å². The Hall–Kier alpha value is -1.71. The van der Waals surface area contributed by atoms with Gasteiger partial charge in [-0.3, -0.25) is 0 Å². The number of methoxy groups -OCH3 is 1. The lowest BCUT2D eigenvalue weighted by molar-refractivity contribution is -0.329. The van der Waals surface area contributed by atoms with E-state index in [1.807, 2.05) is 24.3 Å². The maximum atomic E-state index is 10.7. The summed E-state index contributed by atoms with van der Waals surface area (Å²) in [5, 5.41) is 41.6. The van der Waals surface area contributed by atoms with Crippen LogP contribution in [0.15, 0.2) is 42.5 Å². The maximum absolute atomic E-state index is 10.7. The molecule has 0 unspecified atom stereocenters. The number of hydrogen-bond donors (Lipinski definition) is 4. The molecule has 4 rings (SSSR count). The minimum atomic E-state index is -1.71. The molecule has 2 bridgehead atoms. The highest BCUT2D eigenvalue weighted by atomic mass is 35.5. The molecule has 2 aliphatic rings. The van der Waals surface area contributed by atoms with Gasteiger partial charge in [-0.25, -0.2) is 0 Å². The van der Waals surface area contributed by atoms with Crippen molar-refractivity contribution in [2.45, 2.75) is 36.1 Å². The highest BCUT2D eigenvalue weighted by Gasteiger charge is 2.67. The number of rotatable bonds is 5. The van der Waals surface area contributed by atoms with Crippen molar-refractivity contribution in [3.05, 3.63) is 64.2 Å². The van der Waals surface area contributed by atoms with Crippen LogP contribution in [0.1, 0.15) is 16.7 Å². The van der Waals surface area contributed by atoms with Gasteiger partial charge in [0.2, 0.25) is 5.79 Å². The van der Waals surface area contributed by atoms with Crippen LogP contribution in [0.5, 0.6) is 5.75 Å². The van der Waals surface area contributed by atoms with Crippen molar-refractivity contribution in [1.82, 2.24) is 0 Å². The molecule has 2 aromatic carbocycles. The van der Waals surface area contributed by atoms with E-state index in [1.54, 1.807) is 25.3 Å². The van der Waals surface area contributed by atoms with Gasteiger partial charge in [-0.2, -0.15) is 0 Å². The molecular weight excluding hydrogens is 400 g/mol. The summed E-state index contributed by atoms with van der Waals surface area (Å²) in [7, 11) is 1.60. The Morgan fingerprint density at radius 1 is 1.10 bits per heavy atom. The summed E-state index contributed by atoms with van der Waals surface area (Å²) in [5.41, 5.74) is 0.707. The van der Waals surface area contributed by atoms with Crippen LogP contribution in [0, 0.1) is 0 Å². The highest BCUT2D eigenvalue weighted by molar-refractivity contribution is 6.31. The van der Waals surface area contributed by atoms with E-state index in [-0.39, 0.29) is 6.61 Å². The van der Waals surface area contributed by atoms with E-state index in [9.17, 15) is 20.4 Å². The maximum Gasteiger partial charge on any atom is 0.225 e. The summed E-state index contributed by atoms with van der Waals surface area (Å²) in [6.07, 6.45) is -4.06. The van der Waals surface area contributed by atoms with E-state index in [2.05, 4.69) is 0 Å². The predicted molar refractivity (Wildman–Crippen MR) is 104 cm³/mol. The SMILES string of the molecule is COc1ccc(Cc2cc([C@]34OC[C@](CO)(O3)[C@@H](O)[C@@H](O)[C@@H]4O)ccc2Cl)cc1. The van der Waals surface area contributed by atoms with Gasteiger partial charge in [0.1, 0.15) is 29.7 Å². The lowest BCUT2D eigenvalue weighted by atomic mass is 9.83. The van der Waals surface area contributed by atoms with Crippen LogP contribution in [-0.4, -0.2) is 64.7 Å². The van der Waals surface area contributed by atoms with Crippen molar-refractivity contribution >= 4 is 11.6 Å². The topological polar surface area (TPSA) is 109 Å². The molecule has 5 atom stereocenters. The Morgan fingerprint density at radius 3 is 2.48 bits per heavy atom. The molecule has 0 aromatic heterocycles. The third-order valence-electron chi connectivity index (χ3n) is 5.73. The molecule has 0 aliphatic carbocycles. The van der Waals surface area contributed by atoms with E-state index < -0.39 is 36.3 Å². The third-order valence-corrected chi connectivity index (χ3v) is 6.10. The molecule has 0 spiro atoms. The average molecular weight is 423 g/mol. The summed E-state index contributed by atoms with van der Waals surface area (Å²) in [5.74, 6) is -0.959. The standard InChI is InChI=1S/C21H23ClO7/c1-27-15-5-2-12(3-6-15)8-13-9-14(4-7-16(13)22)21-19(26)17(24)18(25)20(10-23,29-21)11-28-21/h2-7,9,17-19,23-26H,8,10-11H2,1H3/t17-,18+,19+,20+,21+/m1/s1. The summed E-state index contributed by atoms with van der Waals surface area (Å²) in [6.45, 7) is -0.735. The summed E-state index contributed by atoms with van der Waals surface area (Å²) < 4.78 is 16.8. The Morgan fingerprint density at radius 2 is 1.83 bits per heavy atom. The summed E-state index contributed by atoms with van der Waals surface area (Å²) >= 11 is 6.39. The van der Waals surface area contributed by atoms with Crippen molar-refractivity contribution in [1.29, 1.82) is 0 Å². The quantitative estimate of drug-likeness (QED) is 0.568. The van der Waals surface area contributed by atoms with Crippen LogP contribution in [0.25, 0.3) is 0 Å². The van der Waals surface area contributed by atoms with Gasteiger partial charge in [-0.05, 0) is 41.8 Å². The minimum absolute atomic E-state index is 0.171. The first kappa shape index (κ1) is 20.6. The summed E-state index contributed by atoms with van der Waals surface area (Å²) in [4.78, 5) is 0. The van der Waals surface area contributed by atoms with Crippen LogP contribution in [-0.2, 0) is 21.7 Å². The second-order valence-electron chi connectivity index (χ2n) is 7.49. The van der Waals surface area contributed by atoms with Crippen molar-refractivity contribution in [2.24, 2.45) is 0 Å².